The Morgan fingerprint density at radius 3 is 2.07 bits per heavy atom. The van der Waals surface area contributed by atoms with Crippen molar-refractivity contribution in [2.24, 2.45) is 5.92 Å². The number of carbonyl (C=O) groups excluding carboxylic acids is 1. The first-order valence-electron chi connectivity index (χ1n) is 11.0. The third-order valence-corrected chi connectivity index (χ3v) is 6.04. The van der Waals surface area contributed by atoms with Crippen LogP contribution in [0.3, 0.4) is 0 Å². The Morgan fingerprint density at radius 2 is 1.50 bits per heavy atom. The highest BCUT2D eigenvalue weighted by Crippen LogP contribution is 2.33. The summed E-state index contributed by atoms with van der Waals surface area (Å²) < 4.78 is 5.34. The Kier molecular flexibility index (Phi) is 6.87. The van der Waals surface area contributed by atoms with E-state index in [1.54, 1.807) is 0 Å². The lowest BCUT2D eigenvalue weighted by Crippen LogP contribution is -2.47. The van der Waals surface area contributed by atoms with E-state index in [-0.39, 0.29) is 11.6 Å². The summed E-state index contributed by atoms with van der Waals surface area (Å²) in [6, 6.07) is 19.5. The van der Waals surface area contributed by atoms with Gasteiger partial charge in [0, 0.05) is 12.1 Å². The molecular weight excluding hydrogens is 372 g/mol. The van der Waals surface area contributed by atoms with Crippen LogP contribution in [-0.2, 0) is 10.3 Å². The average molecular weight is 409 g/mol. The maximum Gasteiger partial charge on any atom is 0.407 e. The van der Waals surface area contributed by atoms with Crippen molar-refractivity contribution in [3.05, 3.63) is 60.2 Å². The SMILES string of the molecule is CC(C)(C)OC(=O)NCC1CCN(C(C)(C)c2ccc(-c3ccccc3)cc2)CC1. The van der Waals surface area contributed by atoms with Gasteiger partial charge in [0.15, 0.2) is 0 Å². The normalized spacial score (nSPS) is 16.3. The number of amides is 1. The maximum absolute atomic E-state index is 11.9. The average Bonchev–Trinajstić information content (AvgIpc) is 2.72. The number of ether oxygens (including phenoxy) is 1. The number of alkyl carbamates (subject to hydrolysis) is 1. The second-order valence-corrected chi connectivity index (χ2v) is 9.82. The van der Waals surface area contributed by atoms with Crippen molar-refractivity contribution in [1.82, 2.24) is 10.2 Å². The highest BCUT2D eigenvalue weighted by molar-refractivity contribution is 5.67. The Hall–Kier alpha value is -2.33. The number of benzene rings is 2. The van der Waals surface area contributed by atoms with Crippen LogP contribution in [0.4, 0.5) is 4.79 Å². The van der Waals surface area contributed by atoms with Gasteiger partial charge in [-0.3, -0.25) is 4.90 Å². The number of hydrogen-bond acceptors (Lipinski definition) is 3. The highest BCUT2D eigenvalue weighted by atomic mass is 16.6. The van der Waals surface area contributed by atoms with E-state index in [0.29, 0.717) is 12.5 Å². The summed E-state index contributed by atoms with van der Waals surface area (Å²) in [4.78, 5) is 14.5. The van der Waals surface area contributed by atoms with Gasteiger partial charge >= 0.3 is 6.09 Å². The third-order valence-electron chi connectivity index (χ3n) is 6.04. The van der Waals surface area contributed by atoms with Crippen LogP contribution in [0.25, 0.3) is 11.1 Å². The molecule has 3 rings (SSSR count). The molecule has 4 heteroatoms. The van der Waals surface area contributed by atoms with Crippen LogP contribution < -0.4 is 5.32 Å². The predicted molar refractivity (Wildman–Crippen MR) is 123 cm³/mol. The molecule has 0 spiro atoms. The molecule has 2 aromatic rings. The van der Waals surface area contributed by atoms with E-state index < -0.39 is 5.60 Å². The molecule has 0 unspecified atom stereocenters. The van der Waals surface area contributed by atoms with Gasteiger partial charge in [0.05, 0.1) is 0 Å². The third kappa shape index (κ3) is 5.85. The van der Waals surface area contributed by atoms with Crippen LogP contribution in [0, 0.1) is 5.92 Å². The van der Waals surface area contributed by atoms with Crippen molar-refractivity contribution >= 4 is 6.09 Å². The Morgan fingerprint density at radius 1 is 0.933 bits per heavy atom. The van der Waals surface area contributed by atoms with Gasteiger partial charge in [-0.25, -0.2) is 4.79 Å². The fourth-order valence-corrected chi connectivity index (χ4v) is 4.12. The molecule has 1 N–H and O–H groups in total. The second-order valence-electron chi connectivity index (χ2n) is 9.82. The van der Waals surface area contributed by atoms with Crippen molar-refractivity contribution in [2.45, 2.75) is 58.6 Å². The van der Waals surface area contributed by atoms with Crippen molar-refractivity contribution < 1.29 is 9.53 Å². The zero-order valence-corrected chi connectivity index (χ0v) is 19.1. The summed E-state index contributed by atoms with van der Waals surface area (Å²) in [7, 11) is 0. The largest absolute Gasteiger partial charge is 0.444 e. The number of rotatable bonds is 5. The monoisotopic (exact) mass is 408 g/mol. The number of nitrogens with one attached hydrogen (secondary N) is 1. The fraction of sp³-hybridized carbons (Fsp3) is 0.500. The molecule has 1 fully saturated rings. The smallest absolute Gasteiger partial charge is 0.407 e. The van der Waals surface area contributed by atoms with Gasteiger partial charge in [0.1, 0.15) is 5.60 Å². The summed E-state index contributed by atoms with van der Waals surface area (Å²) in [6.45, 7) is 13.0. The Bertz CT molecular complexity index is 814. The quantitative estimate of drug-likeness (QED) is 0.677. The van der Waals surface area contributed by atoms with Gasteiger partial charge in [0.25, 0.3) is 0 Å². The molecule has 0 atom stereocenters. The first-order valence-corrected chi connectivity index (χ1v) is 11.0. The number of nitrogens with zero attached hydrogens (tertiary/aromatic N) is 1. The molecule has 2 aromatic carbocycles. The molecule has 1 heterocycles. The fourth-order valence-electron chi connectivity index (χ4n) is 4.12. The summed E-state index contributed by atoms with van der Waals surface area (Å²) in [5, 5.41) is 2.94. The van der Waals surface area contributed by atoms with Gasteiger partial charge < -0.3 is 10.1 Å². The van der Waals surface area contributed by atoms with Crippen LogP contribution in [0.1, 0.15) is 53.0 Å². The summed E-state index contributed by atoms with van der Waals surface area (Å²) >= 11 is 0. The van der Waals surface area contributed by atoms with E-state index >= 15 is 0 Å². The molecule has 0 aromatic heterocycles. The van der Waals surface area contributed by atoms with E-state index in [4.69, 9.17) is 4.74 Å². The van der Waals surface area contributed by atoms with E-state index in [1.165, 1.54) is 16.7 Å². The first kappa shape index (κ1) is 22.4. The van der Waals surface area contributed by atoms with E-state index in [2.05, 4.69) is 72.6 Å². The van der Waals surface area contributed by atoms with Crippen molar-refractivity contribution in [2.75, 3.05) is 19.6 Å². The lowest BCUT2D eigenvalue weighted by molar-refractivity contribution is 0.0476. The molecule has 1 saturated heterocycles. The Balaban J connectivity index is 1.53. The summed E-state index contributed by atoms with van der Waals surface area (Å²) in [5.41, 5.74) is 3.38. The molecular formula is C26H36N2O2. The second kappa shape index (κ2) is 9.22. The molecule has 0 aliphatic carbocycles. The van der Waals surface area contributed by atoms with Crippen LogP contribution >= 0.6 is 0 Å². The van der Waals surface area contributed by atoms with Gasteiger partial charge in [0.2, 0.25) is 0 Å². The molecule has 1 amide bonds. The minimum absolute atomic E-state index is 0.0151. The topological polar surface area (TPSA) is 41.6 Å². The minimum Gasteiger partial charge on any atom is -0.444 e. The van der Waals surface area contributed by atoms with Gasteiger partial charge in [-0.2, -0.15) is 0 Å². The predicted octanol–water partition coefficient (Wildman–Crippen LogP) is 5.83. The van der Waals surface area contributed by atoms with E-state index in [0.717, 1.165) is 25.9 Å². The van der Waals surface area contributed by atoms with Gasteiger partial charge in [-0.15, -0.1) is 0 Å². The molecule has 0 bridgehead atoms. The van der Waals surface area contributed by atoms with Crippen molar-refractivity contribution in [1.29, 1.82) is 0 Å². The summed E-state index contributed by atoms with van der Waals surface area (Å²) in [6.07, 6.45) is 1.85. The summed E-state index contributed by atoms with van der Waals surface area (Å²) in [5.74, 6) is 0.505. The van der Waals surface area contributed by atoms with Crippen LogP contribution in [0.5, 0.6) is 0 Å². The zero-order chi connectivity index (χ0) is 21.8. The highest BCUT2D eigenvalue weighted by Gasteiger charge is 2.32. The van der Waals surface area contributed by atoms with Gasteiger partial charge in [-0.1, -0.05) is 54.6 Å². The molecule has 1 aliphatic rings. The number of carbonyl (C=O) groups is 1. The van der Waals surface area contributed by atoms with Gasteiger partial charge in [-0.05, 0) is 83.2 Å². The van der Waals surface area contributed by atoms with Crippen LogP contribution in [-0.4, -0.2) is 36.2 Å². The minimum atomic E-state index is -0.451. The van der Waals surface area contributed by atoms with E-state index in [1.807, 2.05) is 26.8 Å². The maximum atomic E-state index is 11.9. The standard InChI is InChI=1S/C26H36N2O2/c1-25(2,3)30-24(29)27-19-20-15-17-28(18-16-20)26(4,5)23-13-11-22(12-14-23)21-9-7-6-8-10-21/h6-14,20H,15-19H2,1-5H3,(H,27,29). The molecule has 0 saturated carbocycles. The van der Waals surface area contributed by atoms with Crippen molar-refractivity contribution in [3.63, 3.8) is 0 Å². The lowest BCUT2D eigenvalue weighted by Gasteiger charge is -2.43. The molecule has 0 radical (unpaired) electrons. The lowest BCUT2D eigenvalue weighted by atomic mass is 9.87. The van der Waals surface area contributed by atoms with Crippen molar-refractivity contribution in [3.8, 4) is 11.1 Å². The molecule has 30 heavy (non-hydrogen) atoms. The van der Waals surface area contributed by atoms with Crippen LogP contribution in [0.2, 0.25) is 0 Å². The van der Waals surface area contributed by atoms with E-state index in [9.17, 15) is 4.79 Å². The first-order chi connectivity index (χ1) is 14.1. The molecule has 162 valence electrons. The molecule has 1 aliphatic heterocycles. The number of likely N-dealkylation sites (tertiary alicyclic amines) is 1. The van der Waals surface area contributed by atoms with Crippen LogP contribution in [0.15, 0.2) is 54.6 Å². The number of piperidine rings is 1. The Labute approximate surface area is 181 Å². The zero-order valence-electron chi connectivity index (χ0n) is 19.1. The number of hydrogen-bond donors (Lipinski definition) is 1. The molecule has 4 nitrogen and oxygen atoms in total.